The van der Waals surface area contributed by atoms with Gasteiger partial charge in [0.15, 0.2) is 0 Å². The molecule has 0 aliphatic carbocycles. The molecule has 2 aromatic rings. The highest BCUT2D eigenvalue weighted by atomic mass is 16.5. The summed E-state index contributed by atoms with van der Waals surface area (Å²) < 4.78 is 5.37. The molecule has 1 aromatic heterocycles. The Hall–Kier alpha value is -2.14. The highest BCUT2D eigenvalue weighted by molar-refractivity contribution is 5.60. The second kappa shape index (κ2) is 6.16. The van der Waals surface area contributed by atoms with Crippen molar-refractivity contribution in [3.8, 4) is 0 Å². The first kappa shape index (κ1) is 14.5. The Morgan fingerprint density at radius 3 is 2.65 bits per heavy atom. The molecule has 23 heavy (non-hydrogen) atoms. The van der Waals surface area contributed by atoms with Gasteiger partial charge in [0.2, 0.25) is 5.95 Å². The van der Waals surface area contributed by atoms with Crippen molar-refractivity contribution in [1.82, 2.24) is 9.97 Å². The standard InChI is InChI=1S/C18H22N4O/c1-14-12-22(17-5-3-2-4-16(14)17)13-15-10-19-18(20-11-15)21-6-8-23-9-7-21/h2-5,10-11,14H,6-9,12-13H2,1H3/t14-/m1/s1. The Bertz CT molecular complexity index is 667. The summed E-state index contributed by atoms with van der Waals surface area (Å²) in [5.74, 6) is 1.40. The molecule has 3 heterocycles. The molecule has 2 aliphatic rings. The zero-order chi connectivity index (χ0) is 15.6. The highest BCUT2D eigenvalue weighted by Crippen LogP contribution is 2.36. The molecule has 1 aromatic carbocycles. The minimum absolute atomic E-state index is 0.583. The summed E-state index contributed by atoms with van der Waals surface area (Å²) in [6.07, 6.45) is 3.92. The van der Waals surface area contributed by atoms with E-state index in [4.69, 9.17) is 4.74 Å². The molecule has 1 saturated heterocycles. The van der Waals surface area contributed by atoms with E-state index < -0.39 is 0 Å². The van der Waals surface area contributed by atoms with Crippen LogP contribution in [0.2, 0.25) is 0 Å². The Morgan fingerprint density at radius 2 is 1.87 bits per heavy atom. The maximum atomic E-state index is 5.37. The van der Waals surface area contributed by atoms with Gasteiger partial charge in [0, 0.05) is 55.7 Å². The molecular weight excluding hydrogens is 288 g/mol. The van der Waals surface area contributed by atoms with Gasteiger partial charge in [0.25, 0.3) is 0 Å². The van der Waals surface area contributed by atoms with Crippen molar-refractivity contribution >= 4 is 11.6 Å². The molecule has 4 rings (SSSR count). The summed E-state index contributed by atoms with van der Waals surface area (Å²) in [7, 11) is 0. The van der Waals surface area contributed by atoms with Crippen LogP contribution in [0.25, 0.3) is 0 Å². The van der Waals surface area contributed by atoms with Gasteiger partial charge in [-0.25, -0.2) is 9.97 Å². The molecule has 0 saturated carbocycles. The van der Waals surface area contributed by atoms with Gasteiger partial charge < -0.3 is 14.5 Å². The van der Waals surface area contributed by atoms with Crippen molar-refractivity contribution in [3.05, 3.63) is 47.8 Å². The van der Waals surface area contributed by atoms with Gasteiger partial charge in [-0.3, -0.25) is 0 Å². The van der Waals surface area contributed by atoms with Crippen LogP contribution in [-0.2, 0) is 11.3 Å². The fraction of sp³-hybridized carbons (Fsp3) is 0.444. The number of hydrogen-bond acceptors (Lipinski definition) is 5. The van der Waals surface area contributed by atoms with Gasteiger partial charge in [-0.15, -0.1) is 0 Å². The molecule has 5 nitrogen and oxygen atoms in total. The lowest BCUT2D eigenvalue weighted by Crippen LogP contribution is -2.37. The van der Waals surface area contributed by atoms with Crippen molar-refractivity contribution in [2.75, 3.05) is 42.6 Å². The van der Waals surface area contributed by atoms with Crippen LogP contribution < -0.4 is 9.80 Å². The van der Waals surface area contributed by atoms with E-state index >= 15 is 0 Å². The summed E-state index contributed by atoms with van der Waals surface area (Å²) >= 11 is 0. The number of morpholine rings is 1. The molecule has 0 radical (unpaired) electrons. The summed E-state index contributed by atoms with van der Waals surface area (Å²) in [5, 5.41) is 0. The first-order chi connectivity index (χ1) is 11.3. The van der Waals surface area contributed by atoms with Gasteiger partial charge in [0.05, 0.1) is 13.2 Å². The summed E-state index contributed by atoms with van der Waals surface area (Å²) in [4.78, 5) is 13.7. The maximum absolute atomic E-state index is 5.37. The minimum atomic E-state index is 0.583. The Kier molecular flexibility index (Phi) is 3.87. The van der Waals surface area contributed by atoms with Crippen LogP contribution in [0.15, 0.2) is 36.7 Å². The third-order valence-corrected chi connectivity index (χ3v) is 4.66. The van der Waals surface area contributed by atoms with Crippen LogP contribution in [0.5, 0.6) is 0 Å². The number of fused-ring (bicyclic) bond motifs is 1. The van der Waals surface area contributed by atoms with E-state index in [1.165, 1.54) is 11.3 Å². The molecule has 0 N–H and O–H groups in total. The average molecular weight is 310 g/mol. The molecule has 120 valence electrons. The molecule has 2 aliphatic heterocycles. The molecular formula is C18H22N4O. The van der Waals surface area contributed by atoms with E-state index in [1.54, 1.807) is 0 Å². The van der Waals surface area contributed by atoms with Crippen LogP contribution in [-0.4, -0.2) is 42.8 Å². The first-order valence-electron chi connectivity index (χ1n) is 8.29. The number of hydrogen-bond donors (Lipinski definition) is 0. The SMILES string of the molecule is C[C@@H]1CN(Cc2cnc(N3CCOCC3)nc2)c2ccccc21. The van der Waals surface area contributed by atoms with Crippen LogP contribution in [0, 0.1) is 0 Å². The lowest BCUT2D eigenvalue weighted by molar-refractivity contribution is 0.122. The van der Waals surface area contributed by atoms with Crippen LogP contribution >= 0.6 is 0 Å². The number of rotatable bonds is 3. The largest absolute Gasteiger partial charge is 0.378 e. The van der Waals surface area contributed by atoms with Gasteiger partial charge in [-0.2, -0.15) is 0 Å². The molecule has 0 amide bonds. The van der Waals surface area contributed by atoms with E-state index in [-0.39, 0.29) is 0 Å². The number of ether oxygens (including phenoxy) is 1. The van der Waals surface area contributed by atoms with E-state index in [2.05, 4.69) is 51.0 Å². The zero-order valence-electron chi connectivity index (χ0n) is 13.5. The summed E-state index contributed by atoms with van der Waals surface area (Å²) in [6, 6.07) is 8.68. The maximum Gasteiger partial charge on any atom is 0.225 e. The highest BCUT2D eigenvalue weighted by Gasteiger charge is 2.25. The number of anilines is 2. The van der Waals surface area contributed by atoms with Crippen molar-refractivity contribution in [3.63, 3.8) is 0 Å². The van der Waals surface area contributed by atoms with Gasteiger partial charge >= 0.3 is 0 Å². The van der Waals surface area contributed by atoms with E-state index in [1.807, 2.05) is 12.4 Å². The first-order valence-corrected chi connectivity index (χ1v) is 8.29. The fourth-order valence-electron chi connectivity index (χ4n) is 3.45. The number of nitrogens with zero attached hydrogens (tertiary/aromatic N) is 4. The average Bonchev–Trinajstić information content (AvgIpc) is 2.93. The quantitative estimate of drug-likeness (QED) is 0.871. The molecule has 1 fully saturated rings. The third-order valence-electron chi connectivity index (χ3n) is 4.66. The van der Waals surface area contributed by atoms with Gasteiger partial charge in [-0.05, 0) is 11.6 Å². The lowest BCUT2D eigenvalue weighted by Gasteiger charge is -2.26. The molecule has 0 bridgehead atoms. The number of benzene rings is 1. The van der Waals surface area contributed by atoms with Crippen molar-refractivity contribution in [2.24, 2.45) is 0 Å². The van der Waals surface area contributed by atoms with Crippen molar-refractivity contribution in [1.29, 1.82) is 0 Å². The zero-order valence-corrected chi connectivity index (χ0v) is 13.5. The van der Waals surface area contributed by atoms with E-state index in [9.17, 15) is 0 Å². The minimum Gasteiger partial charge on any atom is -0.378 e. The van der Waals surface area contributed by atoms with Gasteiger partial charge in [0.1, 0.15) is 0 Å². The predicted molar refractivity (Wildman–Crippen MR) is 91.0 cm³/mol. The van der Waals surface area contributed by atoms with Crippen LogP contribution in [0.1, 0.15) is 24.0 Å². The van der Waals surface area contributed by atoms with Crippen molar-refractivity contribution < 1.29 is 4.74 Å². The predicted octanol–water partition coefficient (Wildman–Crippen LogP) is 2.44. The van der Waals surface area contributed by atoms with Crippen LogP contribution in [0.4, 0.5) is 11.6 Å². The third kappa shape index (κ3) is 2.88. The number of para-hydroxylation sites is 1. The van der Waals surface area contributed by atoms with Gasteiger partial charge in [-0.1, -0.05) is 25.1 Å². The second-order valence-electron chi connectivity index (χ2n) is 6.33. The second-order valence-corrected chi connectivity index (χ2v) is 6.33. The van der Waals surface area contributed by atoms with Crippen LogP contribution in [0.3, 0.4) is 0 Å². The van der Waals surface area contributed by atoms with Crippen molar-refractivity contribution in [2.45, 2.75) is 19.4 Å². The molecule has 1 atom stereocenters. The summed E-state index contributed by atoms with van der Waals surface area (Å²) in [6.45, 7) is 7.47. The Balaban J connectivity index is 1.47. The Morgan fingerprint density at radius 1 is 1.13 bits per heavy atom. The molecule has 0 unspecified atom stereocenters. The number of aromatic nitrogens is 2. The molecule has 0 spiro atoms. The van der Waals surface area contributed by atoms with E-state index in [0.717, 1.165) is 50.9 Å². The normalized spacial score (nSPS) is 20.7. The fourth-order valence-corrected chi connectivity index (χ4v) is 3.45. The lowest BCUT2D eigenvalue weighted by atomic mass is 10.0. The smallest absolute Gasteiger partial charge is 0.225 e. The monoisotopic (exact) mass is 310 g/mol. The summed E-state index contributed by atoms with van der Waals surface area (Å²) in [5.41, 5.74) is 3.95. The Labute approximate surface area is 136 Å². The molecule has 5 heteroatoms. The topological polar surface area (TPSA) is 41.5 Å². The van der Waals surface area contributed by atoms with E-state index in [0.29, 0.717) is 5.92 Å².